The van der Waals surface area contributed by atoms with Gasteiger partial charge in [-0.2, -0.15) is 0 Å². The first-order valence-electron chi connectivity index (χ1n) is 6.19. The van der Waals surface area contributed by atoms with Gasteiger partial charge in [0.15, 0.2) is 0 Å². The molecule has 0 saturated carbocycles. The Morgan fingerprint density at radius 1 is 1.58 bits per heavy atom. The molecule has 0 aromatic rings. The van der Waals surface area contributed by atoms with Crippen molar-refractivity contribution >= 4 is 29.3 Å². The second-order valence-electron chi connectivity index (χ2n) is 4.80. The van der Waals surface area contributed by atoms with Crippen LogP contribution in [0.25, 0.3) is 0 Å². The zero-order valence-corrected chi connectivity index (χ0v) is 12.6. The molecule has 0 radical (unpaired) electrons. The van der Waals surface area contributed by atoms with Crippen LogP contribution in [0.1, 0.15) is 13.8 Å². The molecule has 19 heavy (non-hydrogen) atoms. The van der Waals surface area contributed by atoms with Gasteiger partial charge in [0.05, 0.1) is 19.2 Å². The third-order valence-electron chi connectivity index (χ3n) is 2.86. The van der Waals surface area contributed by atoms with Crippen LogP contribution < -0.4 is 5.32 Å². The van der Waals surface area contributed by atoms with E-state index in [1.165, 1.54) is 7.11 Å². The number of esters is 1. The monoisotopic (exact) mass is 287 g/mol. The SMILES string of the molecule is COC(=O)[C@@H](NC(=O)N(C)CC1CN=CS1)C(C)C. The van der Waals surface area contributed by atoms with E-state index < -0.39 is 12.0 Å². The molecule has 6 nitrogen and oxygen atoms in total. The number of nitrogens with one attached hydrogen (secondary N) is 1. The maximum absolute atomic E-state index is 12.0. The molecule has 2 atom stereocenters. The van der Waals surface area contributed by atoms with Crippen molar-refractivity contribution in [3.63, 3.8) is 0 Å². The van der Waals surface area contributed by atoms with Gasteiger partial charge < -0.3 is 15.0 Å². The first-order chi connectivity index (χ1) is 8.95. The van der Waals surface area contributed by atoms with Crippen molar-refractivity contribution in [3.05, 3.63) is 0 Å². The Balaban J connectivity index is 2.48. The van der Waals surface area contributed by atoms with E-state index in [4.69, 9.17) is 4.74 Å². The van der Waals surface area contributed by atoms with E-state index in [-0.39, 0.29) is 11.9 Å². The van der Waals surface area contributed by atoms with Crippen molar-refractivity contribution in [2.75, 3.05) is 27.2 Å². The predicted octanol–water partition coefficient (Wildman–Crippen LogP) is 0.969. The summed E-state index contributed by atoms with van der Waals surface area (Å²) in [5.41, 5.74) is 1.81. The van der Waals surface area contributed by atoms with Crippen molar-refractivity contribution in [2.24, 2.45) is 10.9 Å². The van der Waals surface area contributed by atoms with Gasteiger partial charge in [0, 0.05) is 18.8 Å². The van der Waals surface area contributed by atoms with Gasteiger partial charge in [0.1, 0.15) is 6.04 Å². The second kappa shape index (κ2) is 7.37. The van der Waals surface area contributed by atoms with Crippen molar-refractivity contribution in [3.8, 4) is 0 Å². The summed E-state index contributed by atoms with van der Waals surface area (Å²) in [6.07, 6.45) is 0. The van der Waals surface area contributed by atoms with Crippen LogP contribution >= 0.6 is 11.8 Å². The molecule has 1 heterocycles. The summed E-state index contributed by atoms with van der Waals surface area (Å²) < 4.78 is 4.69. The summed E-state index contributed by atoms with van der Waals surface area (Å²) in [7, 11) is 3.03. The average molecular weight is 287 g/mol. The summed E-state index contributed by atoms with van der Waals surface area (Å²) in [5, 5.41) is 3.00. The van der Waals surface area contributed by atoms with Gasteiger partial charge in [-0.1, -0.05) is 13.8 Å². The molecular weight excluding hydrogens is 266 g/mol. The highest BCUT2D eigenvalue weighted by molar-refractivity contribution is 8.12. The van der Waals surface area contributed by atoms with Crippen LogP contribution in [0.15, 0.2) is 4.99 Å². The minimum atomic E-state index is -0.618. The number of thioether (sulfide) groups is 1. The van der Waals surface area contributed by atoms with Gasteiger partial charge >= 0.3 is 12.0 Å². The summed E-state index contributed by atoms with van der Waals surface area (Å²) >= 11 is 1.62. The normalized spacial score (nSPS) is 19.3. The van der Waals surface area contributed by atoms with Crippen LogP contribution in [0.5, 0.6) is 0 Å². The number of carbonyl (C=O) groups excluding carboxylic acids is 2. The Kier molecular flexibility index (Phi) is 6.14. The minimum Gasteiger partial charge on any atom is -0.467 e. The summed E-state index contributed by atoms with van der Waals surface area (Å²) in [6, 6.07) is -0.885. The highest BCUT2D eigenvalue weighted by atomic mass is 32.2. The fraction of sp³-hybridized carbons (Fsp3) is 0.750. The highest BCUT2D eigenvalue weighted by Crippen LogP contribution is 2.15. The Hall–Kier alpha value is -1.24. The third-order valence-corrected chi connectivity index (χ3v) is 3.82. The van der Waals surface area contributed by atoms with Crippen LogP contribution in [0.3, 0.4) is 0 Å². The van der Waals surface area contributed by atoms with E-state index in [1.54, 1.807) is 23.7 Å². The lowest BCUT2D eigenvalue weighted by Crippen LogP contribution is -2.50. The Morgan fingerprint density at radius 2 is 2.26 bits per heavy atom. The molecule has 0 aromatic carbocycles. The lowest BCUT2D eigenvalue weighted by atomic mass is 10.1. The molecule has 1 N–H and O–H groups in total. The van der Waals surface area contributed by atoms with E-state index in [0.29, 0.717) is 11.8 Å². The van der Waals surface area contributed by atoms with E-state index in [0.717, 1.165) is 6.54 Å². The number of hydrogen-bond donors (Lipinski definition) is 1. The Morgan fingerprint density at radius 3 is 2.74 bits per heavy atom. The van der Waals surface area contributed by atoms with E-state index in [9.17, 15) is 9.59 Å². The van der Waals surface area contributed by atoms with E-state index in [1.807, 2.05) is 19.4 Å². The number of amides is 2. The lowest BCUT2D eigenvalue weighted by Gasteiger charge is -2.25. The maximum atomic E-state index is 12.0. The topological polar surface area (TPSA) is 71.0 Å². The third kappa shape index (κ3) is 4.74. The number of nitrogens with zero attached hydrogens (tertiary/aromatic N) is 2. The Labute approximate surface area is 118 Å². The number of ether oxygens (including phenoxy) is 1. The molecule has 2 amide bonds. The van der Waals surface area contributed by atoms with E-state index in [2.05, 4.69) is 10.3 Å². The van der Waals surface area contributed by atoms with Gasteiger partial charge in [0.2, 0.25) is 0 Å². The summed E-state index contributed by atoms with van der Waals surface area (Å²) in [4.78, 5) is 29.3. The quantitative estimate of drug-likeness (QED) is 0.765. The molecule has 0 spiro atoms. The lowest BCUT2D eigenvalue weighted by molar-refractivity contribution is -0.144. The average Bonchev–Trinajstić information content (AvgIpc) is 2.86. The molecular formula is C12H21N3O3S. The molecule has 108 valence electrons. The van der Waals surface area contributed by atoms with Crippen LogP contribution in [-0.2, 0) is 9.53 Å². The number of hydrogen-bond acceptors (Lipinski definition) is 5. The number of methoxy groups -OCH3 is 1. The van der Waals surface area contributed by atoms with Crippen LogP contribution in [0.2, 0.25) is 0 Å². The minimum absolute atomic E-state index is 0.0195. The molecule has 1 aliphatic rings. The van der Waals surface area contributed by atoms with Crippen molar-refractivity contribution in [2.45, 2.75) is 25.1 Å². The van der Waals surface area contributed by atoms with Gasteiger partial charge in [-0.25, -0.2) is 9.59 Å². The molecule has 0 fully saturated rings. The molecule has 0 bridgehead atoms. The summed E-state index contributed by atoms with van der Waals surface area (Å²) in [5.74, 6) is -0.440. The molecule has 1 aliphatic heterocycles. The number of aliphatic imine (C=N–C) groups is 1. The van der Waals surface area contributed by atoms with Crippen LogP contribution in [0.4, 0.5) is 4.79 Å². The Bertz CT molecular complexity index is 352. The van der Waals surface area contributed by atoms with Crippen LogP contribution in [-0.4, -0.2) is 61.0 Å². The smallest absolute Gasteiger partial charge is 0.328 e. The van der Waals surface area contributed by atoms with Crippen molar-refractivity contribution < 1.29 is 14.3 Å². The molecule has 1 unspecified atom stereocenters. The number of rotatable bonds is 5. The predicted molar refractivity (Wildman–Crippen MR) is 76.5 cm³/mol. The van der Waals surface area contributed by atoms with Gasteiger partial charge in [0.25, 0.3) is 0 Å². The standard InChI is InChI=1S/C12H21N3O3S/c1-8(2)10(11(16)18-4)14-12(17)15(3)6-9-5-13-7-19-9/h7-10H,5-6H2,1-4H3,(H,14,17)/t9?,10-/m0/s1. The first-order valence-corrected chi connectivity index (χ1v) is 7.13. The highest BCUT2D eigenvalue weighted by Gasteiger charge is 2.27. The van der Waals surface area contributed by atoms with Gasteiger partial charge in [-0.05, 0) is 5.92 Å². The van der Waals surface area contributed by atoms with Crippen LogP contribution in [0, 0.1) is 5.92 Å². The molecule has 0 aromatic heterocycles. The largest absolute Gasteiger partial charge is 0.467 e. The molecule has 1 rings (SSSR count). The van der Waals surface area contributed by atoms with E-state index >= 15 is 0 Å². The maximum Gasteiger partial charge on any atom is 0.328 e. The number of carbonyl (C=O) groups is 2. The van der Waals surface area contributed by atoms with Crippen molar-refractivity contribution in [1.82, 2.24) is 10.2 Å². The zero-order valence-electron chi connectivity index (χ0n) is 11.8. The van der Waals surface area contributed by atoms with Gasteiger partial charge in [-0.15, -0.1) is 11.8 Å². The number of urea groups is 1. The zero-order chi connectivity index (χ0) is 14.4. The first kappa shape index (κ1) is 15.8. The molecule has 0 aliphatic carbocycles. The second-order valence-corrected chi connectivity index (χ2v) is 5.95. The van der Waals surface area contributed by atoms with Crippen molar-refractivity contribution in [1.29, 1.82) is 0 Å². The summed E-state index contributed by atoms with van der Waals surface area (Å²) in [6.45, 7) is 5.06. The fourth-order valence-electron chi connectivity index (χ4n) is 1.69. The molecule has 0 saturated heterocycles. The van der Waals surface area contributed by atoms with Gasteiger partial charge in [-0.3, -0.25) is 4.99 Å². The fourth-order valence-corrected chi connectivity index (χ4v) is 2.52. The molecule has 7 heteroatoms.